The second-order valence-corrected chi connectivity index (χ2v) is 4.43. The summed E-state index contributed by atoms with van der Waals surface area (Å²) < 4.78 is 5.16. The molecule has 0 amide bonds. The Hall–Kier alpha value is -0.900. The number of hydrogen-bond acceptors (Lipinski definition) is 4. The highest BCUT2D eigenvalue weighted by Crippen LogP contribution is 2.51. The molecule has 1 N–H and O–H groups in total. The molecule has 0 aromatic heterocycles. The normalized spacial score (nSPS) is 57.4. The fourth-order valence-corrected chi connectivity index (χ4v) is 2.68. The van der Waals surface area contributed by atoms with Gasteiger partial charge in [0.1, 0.15) is 12.1 Å². The summed E-state index contributed by atoms with van der Waals surface area (Å²) in [5, 5.41) is 3.08. The Balaban J connectivity index is 2.03. The first-order valence-electron chi connectivity index (χ1n) is 4.58. The van der Waals surface area contributed by atoms with Crippen LogP contribution in [0.3, 0.4) is 0 Å². The van der Waals surface area contributed by atoms with Gasteiger partial charge in [0.25, 0.3) is 0 Å². The Bertz CT molecular complexity index is 321. The molecule has 1 aliphatic carbocycles. The molecule has 2 bridgehead atoms. The fraction of sp³-hybridized carbons (Fsp3) is 0.778. The lowest BCUT2D eigenvalue weighted by molar-refractivity contribution is -0.143. The number of rotatable bonds is 0. The Morgan fingerprint density at radius 3 is 2.85 bits per heavy atom. The van der Waals surface area contributed by atoms with Gasteiger partial charge >= 0.3 is 5.97 Å². The summed E-state index contributed by atoms with van der Waals surface area (Å²) in [6.07, 6.45) is -0.170. The van der Waals surface area contributed by atoms with Gasteiger partial charge in [-0.3, -0.25) is 14.9 Å². The molecule has 3 fully saturated rings. The zero-order valence-electron chi connectivity index (χ0n) is 7.53. The topological polar surface area (TPSA) is 55.4 Å². The maximum absolute atomic E-state index is 11.4. The zero-order valence-corrected chi connectivity index (χ0v) is 7.53. The quantitative estimate of drug-likeness (QED) is 0.511. The van der Waals surface area contributed by atoms with E-state index in [1.807, 2.05) is 13.8 Å². The van der Waals surface area contributed by atoms with Crippen LogP contribution in [0.15, 0.2) is 0 Å². The van der Waals surface area contributed by atoms with Crippen molar-refractivity contribution in [2.75, 3.05) is 0 Å². The van der Waals surface area contributed by atoms with Crippen LogP contribution in [-0.4, -0.2) is 29.4 Å². The second kappa shape index (κ2) is 1.80. The van der Waals surface area contributed by atoms with E-state index in [2.05, 4.69) is 5.32 Å². The smallest absolute Gasteiger partial charge is 0.323 e. The van der Waals surface area contributed by atoms with Crippen LogP contribution in [0.1, 0.15) is 13.8 Å². The van der Waals surface area contributed by atoms with Gasteiger partial charge in [-0.15, -0.1) is 0 Å². The van der Waals surface area contributed by atoms with Crippen LogP contribution >= 0.6 is 0 Å². The third-order valence-corrected chi connectivity index (χ3v) is 3.67. The molecule has 2 aliphatic heterocycles. The van der Waals surface area contributed by atoms with Crippen LogP contribution in [0.2, 0.25) is 0 Å². The molecule has 70 valence electrons. The van der Waals surface area contributed by atoms with E-state index >= 15 is 0 Å². The molecule has 4 heteroatoms. The molecular formula is C9H11NO3. The van der Waals surface area contributed by atoms with Gasteiger partial charge in [0.15, 0.2) is 5.78 Å². The maximum atomic E-state index is 11.4. The van der Waals surface area contributed by atoms with Gasteiger partial charge in [-0.1, -0.05) is 6.92 Å². The summed E-state index contributed by atoms with van der Waals surface area (Å²) in [6, 6.07) is -0.266. The molecule has 0 aromatic carbocycles. The number of esters is 1. The molecule has 3 aliphatic rings. The summed E-state index contributed by atoms with van der Waals surface area (Å²) in [5.74, 6) is 0.0419. The van der Waals surface area contributed by atoms with Crippen molar-refractivity contribution in [2.45, 2.75) is 31.5 Å². The van der Waals surface area contributed by atoms with E-state index in [0.29, 0.717) is 0 Å². The molecule has 1 saturated carbocycles. The monoisotopic (exact) mass is 181 g/mol. The minimum absolute atomic E-state index is 0.0924. The van der Waals surface area contributed by atoms with Crippen molar-refractivity contribution in [1.29, 1.82) is 0 Å². The summed E-state index contributed by atoms with van der Waals surface area (Å²) in [4.78, 5) is 22.7. The molecule has 3 rings (SSSR count). The molecule has 0 aromatic rings. The lowest BCUT2D eigenvalue weighted by atomic mass is 9.89. The van der Waals surface area contributed by atoms with Gasteiger partial charge in [0.2, 0.25) is 0 Å². The van der Waals surface area contributed by atoms with Gasteiger partial charge in [-0.25, -0.2) is 0 Å². The summed E-state index contributed by atoms with van der Waals surface area (Å²) in [6.45, 7) is 3.81. The van der Waals surface area contributed by atoms with E-state index in [4.69, 9.17) is 4.74 Å². The molecule has 13 heavy (non-hydrogen) atoms. The summed E-state index contributed by atoms with van der Waals surface area (Å²) in [5.41, 5.74) is -0.464. The van der Waals surface area contributed by atoms with Gasteiger partial charge < -0.3 is 4.74 Å². The second-order valence-electron chi connectivity index (χ2n) is 4.43. The minimum Gasteiger partial charge on any atom is -0.460 e. The molecular weight excluding hydrogens is 170 g/mol. The third-order valence-electron chi connectivity index (χ3n) is 3.67. The number of ketones is 1. The number of fused-ring (bicyclic) bond motifs is 4. The van der Waals surface area contributed by atoms with Crippen LogP contribution in [-0.2, 0) is 14.3 Å². The number of ether oxygens (including phenoxy) is 1. The highest BCUT2D eigenvalue weighted by molar-refractivity contribution is 6.10. The number of Topliss-reactive ketones (excluding diaryl/α,β-unsaturated/α-hetero) is 1. The van der Waals surface area contributed by atoms with E-state index in [9.17, 15) is 9.59 Å². The van der Waals surface area contributed by atoms with Crippen LogP contribution in [0.5, 0.6) is 0 Å². The molecule has 0 spiro atoms. The van der Waals surface area contributed by atoms with Crippen molar-refractivity contribution in [3.05, 3.63) is 0 Å². The molecule has 5 atom stereocenters. The van der Waals surface area contributed by atoms with E-state index in [1.165, 1.54) is 0 Å². The Morgan fingerprint density at radius 2 is 2.15 bits per heavy atom. The third kappa shape index (κ3) is 0.633. The Kier molecular flexibility index (Phi) is 1.04. The van der Waals surface area contributed by atoms with Gasteiger partial charge in [-0.2, -0.15) is 0 Å². The maximum Gasteiger partial charge on any atom is 0.323 e. The van der Waals surface area contributed by atoms with Crippen LogP contribution < -0.4 is 5.32 Å². The van der Waals surface area contributed by atoms with Crippen LogP contribution in [0.25, 0.3) is 0 Å². The number of hydrogen-bond donors (Lipinski definition) is 1. The van der Waals surface area contributed by atoms with Gasteiger partial charge in [0, 0.05) is 5.92 Å². The van der Waals surface area contributed by atoms with Crippen molar-refractivity contribution in [1.82, 2.24) is 5.32 Å². The number of carbonyl (C=O) groups is 2. The Morgan fingerprint density at radius 1 is 1.46 bits per heavy atom. The standard InChI is InChI=1S/C9H11NO3/c1-3-5-8(12)13-6(3)4-7(11)9(4,2)10-5/h3-6,10H,1-2H3/t3?,4?,5?,6-,9?/m1/s1. The predicted octanol–water partition coefficient (Wildman–Crippen LogP) is -0.523. The molecule has 2 saturated heterocycles. The molecule has 4 unspecified atom stereocenters. The Labute approximate surface area is 75.6 Å². The molecule has 0 radical (unpaired) electrons. The molecule has 4 nitrogen and oxygen atoms in total. The summed E-state index contributed by atoms with van der Waals surface area (Å²) >= 11 is 0. The number of nitrogens with one attached hydrogen (secondary N) is 1. The van der Waals surface area contributed by atoms with Crippen molar-refractivity contribution in [2.24, 2.45) is 11.8 Å². The van der Waals surface area contributed by atoms with Crippen molar-refractivity contribution >= 4 is 11.8 Å². The highest BCUT2D eigenvalue weighted by Gasteiger charge is 2.73. The zero-order chi connectivity index (χ0) is 9.38. The minimum atomic E-state index is -0.464. The van der Waals surface area contributed by atoms with Crippen LogP contribution in [0, 0.1) is 11.8 Å². The van der Waals surface area contributed by atoms with Crippen LogP contribution in [0.4, 0.5) is 0 Å². The van der Waals surface area contributed by atoms with Gasteiger partial charge in [-0.05, 0) is 6.92 Å². The largest absolute Gasteiger partial charge is 0.460 e. The van der Waals surface area contributed by atoms with E-state index in [0.717, 1.165) is 0 Å². The first-order chi connectivity index (χ1) is 6.05. The average molecular weight is 181 g/mol. The lowest BCUT2D eigenvalue weighted by Crippen LogP contribution is -2.50. The van der Waals surface area contributed by atoms with Crippen molar-refractivity contribution < 1.29 is 14.3 Å². The van der Waals surface area contributed by atoms with E-state index in [1.54, 1.807) is 0 Å². The number of carbonyl (C=O) groups excluding carboxylic acids is 2. The molecule has 2 heterocycles. The van der Waals surface area contributed by atoms with E-state index in [-0.39, 0.29) is 35.7 Å². The SMILES string of the molecule is CC1C2NC3(C)C(=O)C3[C@@H]1OC2=O. The van der Waals surface area contributed by atoms with Crippen molar-refractivity contribution in [3.8, 4) is 0 Å². The first kappa shape index (κ1) is 7.50. The lowest BCUT2D eigenvalue weighted by Gasteiger charge is -2.25. The average Bonchev–Trinajstić information content (AvgIpc) is 2.55. The van der Waals surface area contributed by atoms with E-state index < -0.39 is 5.54 Å². The highest BCUT2D eigenvalue weighted by atomic mass is 16.6. The number of piperidine rings is 1. The van der Waals surface area contributed by atoms with Gasteiger partial charge in [0.05, 0.1) is 11.5 Å². The van der Waals surface area contributed by atoms with Crippen molar-refractivity contribution in [3.63, 3.8) is 0 Å². The predicted molar refractivity (Wildman–Crippen MR) is 42.9 cm³/mol. The fourth-order valence-electron chi connectivity index (χ4n) is 2.68. The summed E-state index contributed by atoms with van der Waals surface area (Å²) in [7, 11) is 0. The first-order valence-corrected chi connectivity index (χ1v) is 4.58.